The summed E-state index contributed by atoms with van der Waals surface area (Å²) in [6, 6.07) is -3.66. The fraction of sp³-hybridized carbons (Fsp3) is 0.938. The zero-order chi connectivity index (χ0) is 91.8. The summed E-state index contributed by atoms with van der Waals surface area (Å²) in [6.07, 6.45) is 38.8. The van der Waals surface area contributed by atoms with Gasteiger partial charge in [-0.2, -0.15) is 0 Å². The summed E-state index contributed by atoms with van der Waals surface area (Å²) in [5, 5.41) is 52.2. The number of hydrogen-bond donors (Lipinski definition) is 9. The van der Waals surface area contributed by atoms with Gasteiger partial charge < -0.3 is 78.9 Å². The molecule has 125 heavy (non-hydrogen) atoms. The van der Waals surface area contributed by atoms with Gasteiger partial charge in [-0.25, -0.2) is 4.57 Å². The molecule has 9 N–H and O–H groups in total. The minimum atomic E-state index is -5.64. The first-order valence-electron chi connectivity index (χ1n) is 51.0. The fourth-order valence-electron chi connectivity index (χ4n) is 17.0. The topological polar surface area (TPSA) is 385 Å². The molecule has 26 nitrogen and oxygen atoms in total. The lowest BCUT2D eigenvalue weighted by atomic mass is 9.95. The molecular formula is C97H184N2O24P2. The quantitative estimate of drug-likeness (QED) is 0.0118. The molecule has 2 saturated heterocycles. The molecule has 5 unspecified atom stereocenters. The van der Waals surface area contributed by atoms with E-state index in [4.69, 9.17) is 42.2 Å². The number of esters is 4. The minimum Gasteiger partial charge on any atom is -0.462 e. The van der Waals surface area contributed by atoms with Gasteiger partial charge in [0.25, 0.3) is 0 Å². The summed E-state index contributed by atoms with van der Waals surface area (Å²) in [7, 11) is -10.3. The second-order valence-corrected chi connectivity index (χ2v) is 39.6. The van der Waals surface area contributed by atoms with Gasteiger partial charge in [0.05, 0.1) is 51.1 Å². The molecular weight excluding hydrogens is 1640 g/mol. The summed E-state index contributed by atoms with van der Waals surface area (Å²) >= 11 is 0. The van der Waals surface area contributed by atoms with Crippen LogP contribution in [0.1, 0.15) is 478 Å². The largest absolute Gasteiger partial charge is 0.470 e. The molecule has 0 aliphatic carbocycles. The minimum absolute atomic E-state index is 0.0940. The van der Waals surface area contributed by atoms with Gasteiger partial charge in [0.2, 0.25) is 11.8 Å². The van der Waals surface area contributed by atoms with Crippen LogP contribution in [0.3, 0.4) is 0 Å². The molecule has 2 heterocycles. The fourth-order valence-corrected chi connectivity index (χ4v) is 18.1. The number of carbonyl (C=O) groups excluding carboxylic acids is 6. The highest BCUT2D eigenvalue weighted by Gasteiger charge is 2.55. The van der Waals surface area contributed by atoms with Crippen LogP contribution in [-0.4, -0.2) is 176 Å². The Hall–Kier alpha value is -3.20. The van der Waals surface area contributed by atoms with Crippen LogP contribution in [-0.2, 0) is 80.1 Å². The third kappa shape index (κ3) is 63.5. The lowest BCUT2D eigenvalue weighted by Gasteiger charge is -2.47. The van der Waals surface area contributed by atoms with E-state index >= 15 is 0 Å². The number of phosphoric acid groups is 1. The molecule has 0 radical (unpaired) electrons. The molecule has 0 spiro atoms. The second kappa shape index (κ2) is 77.3. The predicted molar refractivity (Wildman–Crippen MR) is 494 cm³/mol. The van der Waals surface area contributed by atoms with E-state index in [0.717, 1.165) is 238 Å². The summed E-state index contributed by atoms with van der Waals surface area (Å²) in [4.78, 5) is 118. The molecule has 0 aromatic rings. The van der Waals surface area contributed by atoms with Gasteiger partial charge in [-0.05, 0) is 51.4 Å². The third-order valence-corrected chi connectivity index (χ3v) is 25.5. The van der Waals surface area contributed by atoms with Crippen molar-refractivity contribution < 1.29 is 115 Å². The maximum absolute atomic E-state index is 14.9. The normalized spacial score (nSPS) is 20.6. The van der Waals surface area contributed by atoms with E-state index in [2.05, 4.69) is 52.2 Å². The molecule has 2 rings (SSSR count). The number of nitrogens with one attached hydrogen (secondary N) is 2. The van der Waals surface area contributed by atoms with Crippen molar-refractivity contribution >= 4 is 51.1 Å². The molecule has 0 aromatic carbocycles. The second-order valence-electron chi connectivity index (χ2n) is 36.5. The Balaban J connectivity index is 2.77. The van der Waals surface area contributed by atoms with Crippen LogP contribution in [0.25, 0.3) is 0 Å². The highest BCUT2D eigenvalue weighted by atomic mass is 31.2. The molecule has 2 fully saturated rings. The van der Waals surface area contributed by atoms with Gasteiger partial charge in [0.15, 0.2) is 24.8 Å². The van der Waals surface area contributed by atoms with Crippen LogP contribution >= 0.6 is 15.4 Å². The van der Waals surface area contributed by atoms with E-state index < -0.39 is 176 Å². The Morgan fingerprint density at radius 2 is 0.640 bits per heavy atom. The van der Waals surface area contributed by atoms with Gasteiger partial charge in [-0.3, -0.25) is 42.4 Å². The smallest absolute Gasteiger partial charge is 0.462 e. The first kappa shape index (κ1) is 118. The monoisotopic (exact) mass is 1820 g/mol. The van der Waals surface area contributed by atoms with Crippen LogP contribution in [0, 0.1) is 0 Å². The molecule has 15 atom stereocenters. The summed E-state index contributed by atoms with van der Waals surface area (Å²) in [6.45, 7) is 11.9. The van der Waals surface area contributed by atoms with Gasteiger partial charge >= 0.3 is 39.3 Å². The van der Waals surface area contributed by atoms with Crippen molar-refractivity contribution in [3.63, 3.8) is 0 Å². The average molecular weight is 1820 g/mol. The van der Waals surface area contributed by atoms with Gasteiger partial charge in [-0.1, -0.05) is 388 Å². The Morgan fingerprint density at radius 3 is 0.992 bits per heavy atom. The van der Waals surface area contributed by atoms with Gasteiger partial charge in [-0.15, -0.1) is 0 Å². The average Bonchev–Trinajstić information content (AvgIpc) is 0.780. The van der Waals surface area contributed by atoms with Crippen molar-refractivity contribution in [3.05, 3.63) is 0 Å². The first-order valence-corrected chi connectivity index (χ1v) is 54.5. The summed E-state index contributed by atoms with van der Waals surface area (Å²) in [5.74, 6) is -4.78. The number of aliphatic hydroxyl groups is 4. The number of aliphatic hydroxyl groups excluding tert-OH is 4. The van der Waals surface area contributed by atoms with E-state index in [1.165, 1.54) is 103 Å². The molecule has 2 aliphatic heterocycles. The highest BCUT2D eigenvalue weighted by molar-refractivity contribution is 7.51. The van der Waals surface area contributed by atoms with E-state index in [9.17, 15) is 73.0 Å². The molecule has 0 bridgehead atoms. The molecule has 736 valence electrons. The Kier molecular flexibility index (Phi) is 72.9. The van der Waals surface area contributed by atoms with E-state index in [-0.39, 0.29) is 32.1 Å². The van der Waals surface area contributed by atoms with E-state index in [0.29, 0.717) is 44.9 Å². The number of carbonyl (C=O) groups is 6. The van der Waals surface area contributed by atoms with Crippen LogP contribution in [0.15, 0.2) is 0 Å². The maximum Gasteiger partial charge on any atom is 0.470 e. The molecule has 0 saturated carbocycles. The SMILES string of the molecule is CCCCCCCCCCCCCCCC(=O)O[C@H](CCCCCCCCCCC)CC(=O)NC1[C@@H](OP(C)(=O)O)OC(CO[C@@H]2OC(CO)[C@@H](OP(=O)(O)O)[C@H](OC(=O)C[C@@H](CCCCCCCCCCC)OC(=O)CCCCCCCCCCC)C2NC(=O)C[C@H](O)CCCCCCCCCCC)[C@@H](O)[C@@H]1OC(=O)C[C@H](O)CCCCCCCCCCC. The Bertz CT molecular complexity index is 2750. The van der Waals surface area contributed by atoms with Crippen molar-refractivity contribution in [2.45, 2.75) is 564 Å². The zero-order valence-electron chi connectivity index (χ0n) is 79.5. The van der Waals surface area contributed by atoms with Gasteiger partial charge in [0, 0.05) is 19.5 Å². The summed E-state index contributed by atoms with van der Waals surface area (Å²) < 4.78 is 81.4. The number of hydrogen-bond acceptors (Lipinski definition) is 21. The maximum atomic E-state index is 14.9. The van der Waals surface area contributed by atoms with Crippen molar-refractivity contribution in [2.24, 2.45) is 0 Å². The molecule has 0 aromatic heterocycles. The van der Waals surface area contributed by atoms with Crippen molar-refractivity contribution in [1.29, 1.82) is 0 Å². The zero-order valence-corrected chi connectivity index (χ0v) is 81.3. The van der Waals surface area contributed by atoms with Gasteiger partial charge in [0.1, 0.15) is 48.7 Å². The van der Waals surface area contributed by atoms with Crippen molar-refractivity contribution in [3.8, 4) is 0 Å². The molecule has 2 amide bonds. The lowest BCUT2D eigenvalue weighted by Crippen LogP contribution is -2.68. The van der Waals surface area contributed by atoms with Crippen molar-refractivity contribution in [2.75, 3.05) is 19.9 Å². The Labute approximate surface area is 756 Å². The number of phosphoric ester groups is 1. The molecule has 2 aliphatic rings. The predicted octanol–water partition coefficient (Wildman–Crippen LogP) is 22.1. The van der Waals surface area contributed by atoms with Crippen LogP contribution < -0.4 is 10.6 Å². The highest BCUT2D eigenvalue weighted by Crippen LogP contribution is 2.44. The first-order chi connectivity index (χ1) is 60.3. The van der Waals surface area contributed by atoms with Crippen LogP contribution in [0.4, 0.5) is 0 Å². The van der Waals surface area contributed by atoms with E-state index in [1.807, 2.05) is 0 Å². The number of rotatable bonds is 86. The third-order valence-electron chi connectivity index (χ3n) is 24.4. The standard InChI is InChI=1S/C97H184N2O24P2/c1-8-14-20-26-32-38-39-40-41-47-53-59-64-70-86(105)116-80(68-62-56-50-44-35-29-23-17-11-4)74-85(104)99-90-94(120-88(107)73-79(102)67-61-55-49-43-34-28-22-16-10-3)92(109)83(119-97(90)123-124(7,110)111)77-115-96-91(98-84(103)72-78(101)66-60-54-48-42-33-27-21-15-9-2)95(93(82(76-100)118-96)122-125(112,113)114)121-89(108)75-81(69-63-57-51-45-36-30-24-18-12-5)117-87(106)71-65-58-52-46-37-31-25-19-13-6/h78-83,90-97,100-102,109H,8-77H2,1-7H3,(H,98,103)(H,99,104)(H,110,111)(H2,112,113,114)/t78-,79-,80-,81-,82?,83?,90?,91?,92-,93-,94-,95-,96-,97-/m1/s1. The Morgan fingerprint density at radius 1 is 0.344 bits per heavy atom. The summed E-state index contributed by atoms with van der Waals surface area (Å²) in [5.41, 5.74) is 0. The molecule has 28 heteroatoms. The number of unbranched alkanes of at least 4 members (excludes halogenated alkanes) is 52. The number of amides is 2. The lowest BCUT2D eigenvalue weighted by molar-refractivity contribution is -0.296. The van der Waals surface area contributed by atoms with E-state index in [1.54, 1.807) is 0 Å². The van der Waals surface area contributed by atoms with Crippen molar-refractivity contribution in [1.82, 2.24) is 10.6 Å². The van der Waals surface area contributed by atoms with Crippen LogP contribution in [0.2, 0.25) is 0 Å². The number of ether oxygens (including phenoxy) is 7. The van der Waals surface area contributed by atoms with Crippen LogP contribution in [0.5, 0.6) is 0 Å².